The summed E-state index contributed by atoms with van der Waals surface area (Å²) in [5.74, 6) is 6.59. The third-order valence-electron chi connectivity index (χ3n) is 2.85. The molecule has 1 aromatic carbocycles. The Bertz CT molecular complexity index is 415. The number of benzene rings is 1. The first-order chi connectivity index (χ1) is 9.26. The van der Waals surface area contributed by atoms with Gasteiger partial charge in [0.05, 0.1) is 13.2 Å². The molecule has 1 atom stereocenters. The SMILES string of the molecule is CCCC(C)COCc1cccc(C#CCCO)c1. The molecule has 0 bridgehead atoms. The second-order valence-electron chi connectivity index (χ2n) is 4.88. The van der Waals surface area contributed by atoms with E-state index in [1.807, 2.05) is 12.1 Å². The maximum absolute atomic E-state index is 8.69. The Kier molecular flexibility index (Phi) is 7.97. The minimum Gasteiger partial charge on any atom is -0.395 e. The molecule has 19 heavy (non-hydrogen) atoms. The number of rotatable bonds is 7. The van der Waals surface area contributed by atoms with Gasteiger partial charge in [0.1, 0.15) is 0 Å². The Labute approximate surface area is 116 Å². The first kappa shape index (κ1) is 15.8. The molecule has 1 unspecified atom stereocenters. The van der Waals surface area contributed by atoms with Crippen LogP contribution in [0.5, 0.6) is 0 Å². The molecule has 104 valence electrons. The van der Waals surface area contributed by atoms with E-state index in [9.17, 15) is 0 Å². The van der Waals surface area contributed by atoms with E-state index in [1.165, 1.54) is 12.8 Å². The normalized spacial score (nSPS) is 11.7. The van der Waals surface area contributed by atoms with Gasteiger partial charge >= 0.3 is 0 Å². The van der Waals surface area contributed by atoms with Gasteiger partial charge in [-0.3, -0.25) is 0 Å². The first-order valence-corrected chi connectivity index (χ1v) is 7.02. The third kappa shape index (κ3) is 7.00. The highest BCUT2D eigenvalue weighted by atomic mass is 16.5. The quantitative estimate of drug-likeness (QED) is 0.762. The fourth-order valence-electron chi connectivity index (χ4n) is 1.91. The lowest BCUT2D eigenvalue weighted by Crippen LogP contribution is -2.05. The van der Waals surface area contributed by atoms with E-state index in [0.717, 1.165) is 17.7 Å². The van der Waals surface area contributed by atoms with Crippen molar-refractivity contribution in [2.75, 3.05) is 13.2 Å². The monoisotopic (exact) mass is 260 g/mol. The molecule has 1 rings (SSSR count). The van der Waals surface area contributed by atoms with Gasteiger partial charge in [-0.25, -0.2) is 0 Å². The highest BCUT2D eigenvalue weighted by molar-refractivity contribution is 5.36. The van der Waals surface area contributed by atoms with E-state index in [-0.39, 0.29) is 6.61 Å². The van der Waals surface area contributed by atoms with Crippen LogP contribution in [0, 0.1) is 17.8 Å². The van der Waals surface area contributed by atoms with Gasteiger partial charge in [0.2, 0.25) is 0 Å². The minimum atomic E-state index is 0.116. The zero-order chi connectivity index (χ0) is 13.9. The summed E-state index contributed by atoms with van der Waals surface area (Å²) >= 11 is 0. The third-order valence-corrected chi connectivity index (χ3v) is 2.85. The van der Waals surface area contributed by atoms with E-state index in [0.29, 0.717) is 18.9 Å². The molecule has 0 radical (unpaired) electrons. The number of hydrogen-bond donors (Lipinski definition) is 1. The van der Waals surface area contributed by atoms with E-state index < -0.39 is 0 Å². The Morgan fingerprint density at radius 3 is 2.95 bits per heavy atom. The molecular weight excluding hydrogens is 236 g/mol. The molecule has 0 aliphatic rings. The standard InChI is InChI=1S/C17H24O2/c1-3-7-15(2)13-19-14-17-10-6-9-16(12-17)8-4-5-11-18/h6,9-10,12,15,18H,3,5,7,11,13-14H2,1-2H3. The average molecular weight is 260 g/mol. The maximum Gasteiger partial charge on any atom is 0.0717 e. The fraction of sp³-hybridized carbons (Fsp3) is 0.529. The zero-order valence-electron chi connectivity index (χ0n) is 12.0. The van der Waals surface area contributed by atoms with Crippen LogP contribution in [-0.4, -0.2) is 18.3 Å². The Morgan fingerprint density at radius 1 is 1.37 bits per heavy atom. The van der Waals surface area contributed by atoms with Crippen molar-refractivity contribution in [3.63, 3.8) is 0 Å². The fourth-order valence-corrected chi connectivity index (χ4v) is 1.91. The number of hydrogen-bond acceptors (Lipinski definition) is 2. The highest BCUT2D eigenvalue weighted by Crippen LogP contribution is 2.09. The molecule has 0 aliphatic carbocycles. The smallest absolute Gasteiger partial charge is 0.0717 e. The molecule has 1 N–H and O–H groups in total. The van der Waals surface area contributed by atoms with Gasteiger partial charge < -0.3 is 9.84 Å². The molecule has 2 nitrogen and oxygen atoms in total. The van der Waals surface area contributed by atoms with Gasteiger partial charge in [-0.1, -0.05) is 44.2 Å². The second-order valence-corrected chi connectivity index (χ2v) is 4.88. The van der Waals surface area contributed by atoms with E-state index >= 15 is 0 Å². The van der Waals surface area contributed by atoms with Crippen LogP contribution in [-0.2, 0) is 11.3 Å². The predicted octanol–water partition coefficient (Wildman–Crippen LogP) is 3.37. The first-order valence-electron chi connectivity index (χ1n) is 7.02. The summed E-state index contributed by atoms with van der Waals surface area (Å²) in [6.45, 7) is 5.99. The summed E-state index contributed by atoms with van der Waals surface area (Å²) in [4.78, 5) is 0. The molecule has 0 saturated carbocycles. The lowest BCUT2D eigenvalue weighted by molar-refractivity contribution is 0.0893. The summed E-state index contributed by atoms with van der Waals surface area (Å²) in [7, 11) is 0. The van der Waals surface area contributed by atoms with Crippen molar-refractivity contribution in [2.45, 2.75) is 39.7 Å². The predicted molar refractivity (Wildman–Crippen MR) is 78.8 cm³/mol. The summed E-state index contributed by atoms with van der Waals surface area (Å²) in [5.41, 5.74) is 2.13. The lowest BCUT2D eigenvalue weighted by Gasteiger charge is -2.10. The summed E-state index contributed by atoms with van der Waals surface area (Å²) in [5, 5.41) is 8.69. The lowest BCUT2D eigenvalue weighted by atomic mass is 10.1. The van der Waals surface area contributed by atoms with Crippen LogP contribution in [0.15, 0.2) is 24.3 Å². The van der Waals surface area contributed by atoms with Gasteiger partial charge in [-0.15, -0.1) is 0 Å². The van der Waals surface area contributed by atoms with Crippen LogP contribution in [0.25, 0.3) is 0 Å². The van der Waals surface area contributed by atoms with Crippen LogP contribution < -0.4 is 0 Å². The van der Waals surface area contributed by atoms with E-state index in [2.05, 4.69) is 37.8 Å². The number of ether oxygens (including phenoxy) is 1. The second kappa shape index (κ2) is 9.61. The van der Waals surface area contributed by atoms with Crippen molar-refractivity contribution in [1.29, 1.82) is 0 Å². The molecule has 0 spiro atoms. The molecule has 2 heteroatoms. The topological polar surface area (TPSA) is 29.5 Å². The Hall–Kier alpha value is -1.30. The van der Waals surface area contributed by atoms with Crippen LogP contribution in [0.4, 0.5) is 0 Å². The van der Waals surface area contributed by atoms with E-state index in [4.69, 9.17) is 9.84 Å². The summed E-state index contributed by atoms with van der Waals surface area (Å²) in [6, 6.07) is 8.08. The summed E-state index contributed by atoms with van der Waals surface area (Å²) < 4.78 is 5.73. The number of aliphatic hydroxyl groups is 1. The Balaban J connectivity index is 2.42. The van der Waals surface area contributed by atoms with Crippen molar-refractivity contribution >= 4 is 0 Å². The van der Waals surface area contributed by atoms with Gasteiger partial charge in [0.15, 0.2) is 0 Å². The molecular formula is C17H24O2. The minimum absolute atomic E-state index is 0.116. The average Bonchev–Trinajstić information content (AvgIpc) is 2.40. The van der Waals surface area contributed by atoms with Crippen LogP contribution >= 0.6 is 0 Å². The van der Waals surface area contributed by atoms with Gasteiger partial charge in [0, 0.05) is 18.6 Å². The van der Waals surface area contributed by atoms with Crippen LogP contribution in [0.2, 0.25) is 0 Å². The van der Waals surface area contributed by atoms with E-state index in [1.54, 1.807) is 0 Å². The van der Waals surface area contributed by atoms with Crippen molar-refractivity contribution in [2.24, 2.45) is 5.92 Å². The molecule has 0 heterocycles. The summed E-state index contributed by atoms with van der Waals surface area (Å²) in [6.07, 6.45) is 2.95. The molecule has 0 fully saturated rings. The molecule has 0 amide bonds. The number of aliphatic hydroxyl groups excluding tert-OH is 1. The van der Waals surface area contributed by atoms with Gasteiger partial charge in [0.25, 0.3) is 0 Å². The van der Waals surface area contributed by atoms with Crippen LogP contribution in [0.1, 0.15) is 44.2 Å². The molecule has 0 saturated heterocycles. The van der Waals surface area contributed by atoms with Crippen molar-refractivity contribution in [3.8, 4) is 11.8 Å². The van der Waals surface area contributed by atoms with Gasteiger partial charge in [-0.2, -0.15) is 0 Å². The largest absolute Gasteiger partial charge is 0.395 e. The highest BCUT2D eigenvalue weighted by Gasteiger charge is 2.01. The molecule has 0 aliphatic heterocycles. The maximum atomic E-state index is 8.69. The zero-order valence-corrected chi connectivity index (χ0v) is 12.0. The van der Waals surface area contributed by atoms with Crippen LogP contribution in [0.3, 0.4) is 0 Å². The van der Waals surface area contributed by atoms with Crippen molar-refractivity contribution < 1.29 is 9.84 Å². The van der Waals surface area contributed by atoms with Crippen molar-refractivity contribution in [3.05, 3.63) is 35.4 Å². The van der Waals surface area contributed by atoms with Crippen molar-refractivity contribution in [1.82, 2.24) is 0 Å². The Morgan fingerprint density at radius 2 is 2.21 bits per heavy atom. The molecule has 0 aromatic heterocycles. The van der Waals surface area contributed by atoms with Gasteiger partial charge in [-0.05, 0) is 30.0 Å². The molecule has 1 aromatic rings.